The summed E-state index contributed by atoms with van der Waals surface area (Å²) < 4.78 is 11.6. The molecule has 23 heavy (non-hydrogen) atoms. The second-order valence-electron chi connectivity index (χ2n) is 5.94. The highest BCUT2D eigenvalue weighted by atomic mass is 16.5. The largest absolute Gasteiger partial charge is 0.493 e. The number of rotatable bonds is 6. The number of nitrogens with zero attached hydrogens (tertiary/aromatic N) is 1. The lowest BCUT2D eigenvalue weighted by Gasteiger charge is -2.10. The van der Waals surface area contributed by atoms with Crippen molar-refractivity contribution in [1.29, 1.82) is 0 Å². The van der Waals surface area contributed by atoms with Gasteiger partial charge in [0.25, 0.3) is 0 Å². The summed E-state index contributed by atoms with van der Waals surface area (Å²) in [4.78, 5) is 14.6. The van der Waals surface area contributed by atoms with Crippen LogP contribution in [0.4, 0.5) is 0 Å². The first-order valence-electron chi connectivity index (χ1n) is 7.88. The number of para-hydroxylation sites is 1. The topological polar surface area (TPSA) is 42.7 Å². The van der Waals surface area contributed by atoms with Crippen LogP contribution in [0.2, 0.25) is 0 Å². The fraction of sp³-hybridized carbons (Fsp3) is 0.316. The number of hydrogen-bond acceptors (Lipinski definition) is 4. The lowest BCUT2D eigenvalue weighted by molar-refractivity contribution is 0.293. The lowest BCUT2D eigenvalue weighted by atomic mass is 10.1. The average molecular weight is 311 g/mol. The summed E-state index contributed by atoms with van der Waals surface area (Å²) in [5.41, 5.74) is 1.17. The molecule has 0 atom stereocenters. The van der Waals surface area contributed by atoms with E-state index in [9.17, 15) is 4.79 Å². The van der Waals surface area contributed by atoms with Gasteiger partial charge in [0.1, 0.15) is 16.9 Å². The molecule has 0 saturated carbocycles. The molecule has 3 aromatic rings. The molecule has 0 radical (unpaired) electrons. The second-order valence-corrected chi connectivity index (χ2v) is 5.94. The molecule has 0 fully saturated rings. The summed E-state index contributed by atoms with van der Waals surface area (Å²) in [6.07, 6.45) is 2.10. The Morgan fingerprint density at radius 1 is 1.00 bits per heavy atom. The van der Waals surface area contributed by atoms with Crippen molar-refractivity contribution in [2.45, 2.75) is 12.8 Å². The Bertz CT molecular complexity index is 867. The summed E-state index contributed by atoms with van der Waals surface area (Å²) in [6.45, 7) is 1.72. The maximum absolute atomic E-state index is 12.5. The zero-order valence-electron chi connectivity index (χ0n) is 13.5. The molecule has 4 nitrogen and oxygen atoms in total. The fourth-order valence-electron chi connectivity index (χ4n) is 2.59. The minimum absolute atomic E-state index is 0.000571. The molecule has 2 aromatic carbocycles. The minimum atomic E-state index is -0.000571. The van der Waals surface area contributed by atoms with Crippen LogP contribution in [-0.4, -0.2) is 32.1 Å². The van der Waals surface area contributed by atoms with Gasteiger partial charge in [0.15, 0.2) is 0 Å². The number of benzene rings is 2. The van der Waals surface area contributed by atoms with Crippen molar-refractivity contribution in [2.75, 3.05) is 27.2 Å². The Morgan fingerprint density at radius 3 is 2.61 bits per heavy atom. The molecule has 0 unspecified atom stereocenters. The van der Waals surface area contributed by atoms with Gasteiger partial charge >= 0.3 is 0 Å². The van der Waals surface area contributed by atoms with Gasteiger partial charge < -0.3 is 14.1 Å². The molecule has 0 N–H and O–H groups in total. The van der Waals surface area contributed by atoms with E-state index in [-0.39, 0.29) is 5.43 Å². The average Bonchev–Trinajstić information content (AvgIpc) is 2.54. The number of hydrogen-bond donors (Lipinski definition) is 0. The summed E-state index contributed by atoms with van der Waals surface area (Å²) in [7, 11) is 4.13. The Hall–Kier alpha value is -2.33. The van der Waals surface area contributed by atoms with Gasteiger partial charge in [-0.05, 0) is 57.7 Å². The number of unbranched alkanes of at least 4 members (excludes halogenated alkanes) is 1. The first kappa shape index (κ1) is 15.6. The van der Waals surface area contributed by atoms with Crippen molar-refractivity contribution in [3.05, 3.63) is 52.7 Å². The zero-order valence-corrected chi connectivity index (χ0v) is 13.5. The maximum atomic E-state index is 12.5. The molecule has 0 saturated heterocycles. The van der Waals surface area contributed by atoms with E-state index in [2.05, 4.69) is 19.0 Å². The number of ether oxygens (including phenoxy) is 1. The van der Waals surface area contributed by atoms with Crippen LogP contribution in [0.3, 0.4) is 0 Å². The van der Waals surface area contributed by atoms with Gasteiger partial charge in [0.05, 0.1) is 17.4 Å². The first-order chi connectivity index (χ1) is 11.1. The van der Waals surface area contributed by atoms with Crippen LogP contribution in [0.25, 0.3) is 21.9 Å². The Labute approximate surface area is 135 Å². The molecule has 120 valence electrons. The summed E-state index contributed by atoms with van der Waals surface area (Å²) in [6, 6.07) is 12.7. The summed E-state index contributed by atoms with van der Waals surface area (Å²) >= 11 is 0. The van der Waals surface area contributed by atoms with E-state index in [1.807, 2.05) is 24.3 Å². The van der Waals surface area contributed by atoms with E-state index in [1.165, 1.54) is 0 Å². The highest BCUT2D eigenvalue weighted by Gasteiger charge is 2.08. The van der Waals surface area contributed by atoms with Gasteiger partial charge in [0, 0.05) is 6.07 Å². The van der Waals surface area contributed by atoms with Gasteiger partial charge in [-0.25, -0.2) is 0 Å². The van der Waals surface area contributed by atoms with Crippen LogP contribution < -0.4 is 10.2 Å². The van der Waals surface area contributed by atoms with Crippen LogP contribution in [0.5, 0.6) is 5.75 Å². The van der Waals surface area contributed by atoms with E-state index < -0.39 is 0 Å². The SMILES string of the molecule is CN(C)CCCCOc1ccc2c(=O)c3ccccc3oc2c1. The molecule has 0 bridgehead atoms. The molecule has 1 heterocycles. The first-order valence-corrected chi connectivity index (χ1v) is 7.88. The molecule has 0 aliphatic carbocycles. The zero-order chi connectivity index (χ0) is 16.2. The van der Waals surface area contributed by atoms with Gasteiger partial charge in [-0.15, -0.1) is 0 Å². The fourth-order valence-corrected chi connectivity index (χ4v) is 2.59. The van der Waals surface area contributed by atoms with Crippen LogP contribution >= 0.6 is 0 Å². The van der Waals surface area contributed by atoms with Crippen LogP contribution in [0, 0.1) is 0 Å². The van der Waals surface area contributed by atoms with Gasteiger partial charge in [-0.3, -0.25) is 4.79 Å². The third kappa shape index (κ3) is 3.54. The predicted molar refractivity (Wildman–Crippen MR) is 93.3 cm³/mol. The molecule has 0 spiro atoms. The third-order valence-corrected chi connectivity index (χ3v) is 3.82. The molecule has 4 heteroatoms. The highest BCUT2D eigenvalue weighted by molar-refractivity contribution is 5.90. The van der Waals surface area contributed by atoms with Gasteiger partial charge in [-0.1, -0.05) is 12.1 Å². The third-order valence-electron chi connectivity index (χ3n) is 3.82. The molecule has 1 aromatic heterocycles. The van der Waals surface area contributed by atoms with Crippen molar-refractivity contribution >= 4 is 21.9 Å². The standard InChI is InChI=1S/C19H21NO3/c1-20(2)11-5-6-12-22-14-9-10-16-18(13-14)23-17-8-4-3-7-15(17)19(16)21/h3-4,7-10,13H,5-6,11-12H2,1-2H3. The smallest absolute Gasteiger partial charge is 0.200 e. The van der Waals surface area contributed by atoms with Crippen molar-refractivity contribution in [3.63, 3.8) is 0 Å². The van der Waals surface area contributed by atoms with E-state index in [1.54, 1.807) is 18.2 Å². The molecule has 3 rings (SSSR count). The van der Waals surface area contributed by atoms with Crippen LogP contribution in [-0.2, 0) is 0 Å². The van der Waals surface area contributed by atoms with Crippen molar-refractivity contribution in [1.82, 2.24) is 4.90 Å². The van der Waals surface area contributed by atoms with Crippen molar-refractivity contribution in [2.24, 2.45) is 0 Å². The predicted octanol–water partition coefficient (Wildman–Crippen LogP) is 3.67. The molecular weight excluding hydrogens is 290 g/mol. The van der Waals surface area contributed by atoms with Crippen molar-refractivity contribution in [3.8, 4) is 5.75 Å². The number of fused-ring (bicyclic) bond motifs is 2. The Morgan fingerprint density at radius 2 is 1.78 bits per heavy atom. The normalized spacial score (nSPS) is 11.4. The van der Waals surface area contributed by atoms with Crippen LogP contribution in [0.15, 0.2) is 51.7 Å². The minimum Gasteiger partial charge on any atom is -0.493 e. The second kappa shape index (κ2) is 6.84. The Balaban J connectivity index is 1.79. The van der Waals surface area contributed by atoms with Gasteiger partial charge in [-0.2, -0.15) is 0 Å². The molecule has 0 aliphatic rings. The van der Waals surface area contributed by atoms with Crippen molar-refractivity contribution < 1.29 is 9.15 Å². The van der Waals surface area contributed by atoms with Gasteiger partial charge in [0.2, 0.25) is 5.43 Å². The summed E-state index contributed by atoms with van der Waals surface area (Å²) in [5, 5.41) is 1.20. The molecule has 0 amide bonds. The quantitative estimate of drug-likeness (QED) is 0.514. The molecule has 0 aliphatic heterocycles. The lowest BCUT2D eigenvalue weighted by Crippen LogP contribution is -2.13. The highest BCUT2D eigenvalue weighted by Crippen LogP contribution is 2.22. The molecular formula is C19H21NO3. The maximum Gasteiger partial charge on any atom is 0.200 e. The van der Waals surface area contributed by atoms with Crippen LogP contribution in [0.1, 0.15) is 12.8 Å². The van der Waals surface area contributed by atoms with E-state index >= 15 is 0 Å². The Kier molecular flexibility index (Phi) is 4.63. The monoisotopic (exact) mass is 311 g/mol. The van der Waals surface area contributed by atoms with E-state index in [0.717, 1.165) is 25.1 Å². The van der Waals surface area contributed by atoms with E-state index in [0.29, 0.717) is 28.5 Å². The summed E-state index contributed by atoms with van der Waals surface area (Å²) in [5.74, 6) is 0.737. The van der Waals surface area contributed by atoms with E-state index in [4.69, 9.17) is 9.15 Å².